The quantitative estimate of drug-likeness (QED) is 0.561. The van der Waals surface area contributed by atoms with Crippen molar-refractivity contribution in [2.24, 2.45) is 0 Å². The highest BCUT2D eigenvalue weighted by atomic mass is 16.5. The van der Waals surface area contributed by atoms with Gasteiger partial charge in [0, 0.05) is 6.54 Å². The van der Waals surface area contributed by atoms with Crippen molar-refractivity contribution < 1.29 is 9.53 Å². The zero-order chi connectivity index (χ0) is 8.10. The van der Waals surface area contributed by atoms with Crippen molar-refractivity contribution in [3.63, 3.8) is 0 Å². The van der Waals surface area contributed by atoms with Crippen LogP contribution in [0.4, 0.5) is 0 Å². The molecule has 0 aromatic rings. The second-order valence-electron chi connectivity index (χ2n) is 2.75. The van der Waals surface area contributed by atoms with Gasteiger partial charge in [0.2, 0.25) is 0 Å². The van der Waals surface area contributed by atoms with E-state index < -0.39 is 0 Å². The molecule has 0 aliphatic carbocycles. The third-order valence-electron chi connectivity index (χ3n) is 1.89. The number of hydrogen-bond acceptors (Lipinski definition) is 3. The lowest BCUT2D eigenvalue weighted by Crippen LogP contribution is -2.38. The van der Waals surface area contributed by atoms with E-state index in [0.717, 1.165) is 19.6 Å². The summed E-state index contributed by atoms with van der Waals surface area (Å²) < 4.78 is 4.80. The number of rotatable bonds is 4. The summed E-state index contributed by atoms with van der Waals surface area (Å²) in [6.45, 7) is 5.51. The van der Waals surface area contributed by atoms with Gasteiger partial charge in [0.25, 0.3) is 0 Å². The monoisotopic (exact) mass is 157 g/mol. The molecule has 0 atom stereocenters. The van der Waals surface area contributed by atoms with Gasteiger partial charge in [0.15, 0.2) is 0 Å². The summed E-state index contributed by atoms with van der Waals surface area (Å²) in [5.74, 6) is -0.0700. The van der Waals surface area contributed by atoms with Crippen LogP contribution in [-0.2, 0) is 9.53 Å². The molecule has 0 bridgehead atoms. The number of carbonyl (C=O) groups is 1. The first kappa shape index (κ1) is 8.53. The first-order valence-corrected chi connectivity index (χ1v) is 4.21. The van der Waals surface area contributed by atoms with Crippen molar-refractivity contribution in [3.8, 4) is 0 Å². The topological polar surface area (TPSA) is 29.5 Å². The lowest BCUT2D eigenvalue weighted by Gasteiger charge is -2.30. The Bertz CT molecular complexity index is 132. The maximum absolute atomic E-state index is 10.8. The molecule has 1 saturated heterocycles. The van der Waals surface area contributed by atoms with E-state index in [1.165, 1.54) is 6.42 Å². The lowest BCUT2D eigenvalue weighted by molar-refractivity contribution is -0.143. The van der Waals surface area contributed by atoms with Gasteiger partial charge in [-0.25, -0.2) is 0 Å². The van der Waals surface area contributed by atoms with Crippen LogP contribution in [0.15, 0.2) is 0 Å². The Morgan fingerprint density at radius 2 is 2.27 bits per heavy atom. The summed E-state index contributed by atoms with van der Waals surface area (Å²) in [5.41, 5.74) is 0. The van der Waals surface area contributed by atoms with Crippen molar-refractivity contribution in [3.05, 3.63) is 0 Å². The number of hydrogen-bond donors (Lipinski definition) is 0. The summed E-state index contributed by atoms with van der Waals surface area (Å²) in [4.78, 5) is 13.1. The highest BCUT2D eigenvalue weighted by Gasteiger charge is 2.14. The highest BCUT2D eigenvalue weighted by Crippen LogP contribution is 2.05. The molecule has 3 heteroatoms. The van der Waals surface area contributed by atoms with Crippen LogP contribution in [0, 0.1) is 0 Å². The molecule has 0 unspecified atom stereocenters. The van der Waals surface area contributed by atoms with Gasteiger partial charge in [0.1, 0.15) is 0 Å². The van der Waals surface area contributed by atoms with E-state index in [4.69, 9.17) is 4.74 Å². The maximum atomic E-state index is 10.8. The molecular formula is C8H15NO2. The van der Waals surface area contributed by atoms with Gasteiger partial charge >= 0.3 is 5.97 Å². The van der Waals surface area contributed by atoms with Gasteiger partial charge in [-0.1, -0.05) is 0 Å². The molecule has 0 amide bonds. The van der Waals surface area contributed by atoms with Crippen LogP contribution >= 0.6 is 0 Å². The van der Waals surface area contributed by atoms with Crippen LogP contribution < -0.4 is 0 Å². The van der Waals surface area contributed by atoms with E-state index in [1.807, 2.05) is 6.92 Å². The molecule has 1 aliphatic heterocycles. The molecule has 1 heterocycles. The Hall–Kier alpha value is -0.570. The van der Waals surface area contributed by atoms with Crippen LogP contribution in [0.25, 0.3) is 0 Å². The van der Waals surface area contributed by atoms with Gasteiger partial charge in [0.05, 0.1) is 13.0 Å². The molecule has 0 spiro atoms. The van der Waals surface area contributed by atoms with Crippen LogP contribution in [0.2, 0.25) is 0 Å². The average molecular weight is 157 g/mol. The second kappa shape index (κ2) is 4.34. The highest BCUT2D eigenvalue weighted by molar-refractivity contribution is 5.69. The van der Waals surface area contributed by atoms with Crippen molar-refractivity contribution >= 4 is 5.97 Å². The summed E-state index contributed by atoms with van der Waals surface area (Å²) in [6.07, 6.45) is 1.83. The van der Waals surface area contributed by atoms with Crippen LogP contribution in [-0.4, -0.2) is 37.1 Å². The first-order valence-electron chi connectivity index (χ1n) is 4.21. The predicted molar refractivity (Wildman–Crippen MR) is 42.3 cm³/mol. The lowest BCUT2D eigenvalue weighted by atomic mass is 10.2. The molecule has 1 aliphatic rings. The molecule has 0 aromatic carbocycles. The SMILES string of the molecule is CCOC(=O)CCN1CCC1. The first-order chi connectivity index (χ1) is 5.33. The Balaban J connectivity index is 1.96. The summed E-state index contributed by atoms with van der Waals surface area (Å²) in [5, 5.41) is 0. The summed E-state index contributed by atoms with van der Waals surface area (Å²) >= 11 is 0. The largest absolute Gasteiger partial charge is 0.466 e. The molecule has 0 saturated carbocycles. The normalized spacial score (nSPS) is 17.5. The predicted octanol–water partition coefficient (Wildman–Crippen LogP) is 0.645. The molecule has 64 valence electrons. The van der Waals surface area contributed by atoms with Crippen LogP contribution in [0.1, 0.15) is 19.8 Å². The van der Waals surface area contributed by atoms with Crippen LogP contribution in [0.3, 0.4) is 0 Å². The van der Waals surface area contributed by atoms with Crippen molar-refractivity contribution in [1.82, 2.24) is 4.90 Å². The third kappa shape index (κ3) is 2.89. The van der Waals surface area contributed by atoms with Gasteiger partial charge in [-0.05, 0) is 26.4 Å². The minimum absolute atomic E-state index is 0.0700. The Morgan fingerprint density at radius 1 is 1.55 bits per heavy atom. The average Bonchev–Trinajstić information content (AvgIpc) is 1.85. The minimum Gasteiger partial charge on any atom is -0.466 e. The summed E-state index contributed by atoms with van der Waals surface area (Å²) in [6, 6.07) is 0. The van der Waals surface area contributed by atoms with E-state index >= 15 is 0 Å². The molecule has 11 heavy (non-hydrogen) atoms. The molecule has 1 fully saturated rings. The zero-order valence-corrected chi connectivity index (χ0v) is 7.01. The number of ether oxygens (including phenoxy) is 1. The fourth-order valence-corrected chi connectivity index (χ4v) is 1.09. The molecule has 1 rings (SSSR count). The van der Waals surface area contributed by atoms with E-state index in [2.05, 4.69) is 4.90 Å². The third-order valence-corrected chi connectivity index (χ3v) is 1.89. The van der Waals surface area contributed by atoms with Crippen molar-refractivity contribution in [2.45, 2.75) is 19.8 Å². The maximum Gasteiger partial charge on any atom is 0.307 e. The fraction of sp³-hybridized carbons (Fsp3) is 0.875. The molecule has 3 nitrogen and oxygen atoms in total. The Morgan fingerprint density at radius 3 is 2.73 bits per heavy atom. The van der Waals surface area contributed by atoms with Crippen molar-refractivity contribution in [1.29, 1.82) is 0 Å². The zero-order valence-electron chi connectivity index (χ0n) is 7.01. The number of likely N-dealkylation sites (tertiary alicyclic amines) is 1. The van der Waals surface area contributed by atoms with Gasteiger partial charge in [-0.3, -0.25) is 4.79 Å². The number of nitrogens with zero attached hydrogens (tertiary/aromatic N) is 1. The molecule has 0 N–H and O–H groups in total. The van der Waals surface area contributed by atoms with Crippen molar-refractivity contribution in [2.75, 3.05) is 26.2 Å². The molecular weight excluding hydrogens is 142 g/mol. The Labute approximate surface area is 67.3 Å². The Kier molecular flexibility index (Phi) is 3.36. The van der Waals surface area contributed by atoms with E-state index in [0.29, 0.717) is 13.0 Å². The second-order valence-corrected chi connectivity index (χ2v) is 2.75. The molecule has 0 aromatic heterocycles. The standard InChI is InChI=1S/C8H15NO2/c1-2-11-8(10)4-7-9-5-3-6-9/h2-7H2,1H3. The van der Waals surface area contributed by atoms with Gasteiger partial charge < -0.3 is 9.64 Å². The van der Waals surface area contributed by atoms with Gasteiger partial charge in [-0.15, -0.1) is 0 Å². The number of esters is 1. The van der Waals surface area contributed by atoms with E-state index in [-0.39, 0.29) is 5.97 Å². The number of carbonyl (C=O) groups excluding carboxylic acids is 1. The van der Waals surface area contributed by atoms with E-state index in [1.54, 1.807) is 0 Å². The van der Waals surface area contributed by atoms with E-state index in [9.17, 15) is 4.79 Å². The minimum atomic E-state index is -0.0700. The fourth-order valence-electron chi connectivity index (χ4n) is 1.09. The summed E-state index contributed by atoms with van der Waals surface area (Å²) in [7, 11) is 0. The van der Waals surface area contributed by atoms with Gasteiger partial charge in [-0.2, -0.15) is 0 Å². The van der Waals surface area contributed by atoms with Crippen LogP contribution in [0.5, 0.6) is 0 Å². The smallest absolute Gasteiger partial charge is 0.307 e. The molecule has 0 radical (unpaired) electrons.